The average Bonchev–Trinajstić information content (AvgIpc) is 2.75. The summed E-state index contributed by atoms with van der Waals surface area (Å²) in [5.74, 6) is 1.03. The Morgan fingerprint density at radius 1 is 1.47 bits per heavy atom. The first-order chi connectivity index (χ1) is 8.13. The molecule has 6 nitrogen and oxygen atoms in total. The smallest absolute Gasteiger partial charge is 0.316 e. The number of hydrogen-bond donors (Lipinski definition) is 1. The van der Waals surface area contributed by atoms with Crippen LogP contribution in [-0.2, 0) is 14.3 Å². The van der Waals surface area contributed by atoms with Gasteiger partial charge in [-0.1, -0.05) is 25.6 Å². The Kier molecular flexibility index (Phi) is 5.99. The van der Waals surface area contributed by atoms with Crippen LogP contribution in [-0.4, -0.2) is 47.2 Å². The number of carbonyl (C=O) groups is 1. The van der Waals surface area contributed by atoms with E-state index in [4.69, 9.17) is 9.47 Å². The van der Waals surface area contributed by atoms with Gasteiger partial charge in [0.25, 0.3) is 0 Å². The normalized spacial score (nSPS) is 10.8. The van der Waals surface area contributed by atoms with Gasteiger partial charge in [0.2, 0.25) is 5.16 Å². The van der Waals surface area contributed by atoms with Gasteiger partial charge >= 0.3 is 5.97 Å². The molecule has 0 aromatic carbocycles. The number of carbonyl (C=O) groups excluding carboxylic acids is 1. The second kappa shape index (κ2) is 7.29. The molecule has 0 spiro atoms. The molecule has 0 saturated carbocycles. The molecule has 0 amide bonds. The Bertz CT molecular complexity index is 354. The van der Waals surface area contributed by atoms with E-state index in [0.717, 1.165) is 5.82 Å². The van der Waals surface area contributed by atoms with Crippen molar-refractivity contribution in [3.8, 4) is 0 Å². The quantitative estimate of drug-likeness (QED) is 0.450. The SMILES string of the molecule is COCCOC(=O)CSc1n[nH]c(C(C)C)n1. The molecule has 96 valence electrons. The molecule has 0 atom stereocenters. The molecule has 1 rings (SSSR count). The first-order valence-electron chi connectivity index (χ1n) is 5.33. The lowest BCUT2D eigenvalue weighted by Crippen LogP contribution is -2.11. The van der Waals surface area contributed by atoms with Crippen LogP contribution in [0, 0.1) is 0 Å². The van der Waals surface area contributed by atoms with Gasteiger partial charge in [-0.25, -0.2) is 4.98 Å². The number of nitrogens with zero attached hydrogens (tertiary/aromatic N) is 2. The Balaban J connectivity index is 2.27. The van der Waals surface area contributed by atoms with Gasteiger partial charge in [0, 0.05) is 13.0 Å². The number of H-pyrrole nitrogens is 1. The summed E-state index contributed by atoms with van der Waals surface area (Å²) in [7, 11) is 1.56. The molecule has 1 aromatic rings. The van der Waals surface area contributed by atoms with E-state index in [9.17, 15) is 4.79 Å². The maximum Gasteiger partial charge on any atom is 0.316 e. The Hall–Kier alpha value is -1.08. The topological polar surface area (TPSA) is 77.1 Å². The number of thioether (sulfide) groups is 1. The fourth-order valence-electron chi connectivity index (χ4n) is 0.985. The van der Waals surface area contributed by atoms with E-state index in [-0.39, 0.29) is 18.3 Å². The van der Waals surface area contributed by atoms with Crippen LogP contribution < -0.4 is 0 Å². The van der Waals surface area contributed by atoms with Crippen molar-refractivity contribution in [1.82, 2.24) is 15.2 Å². The lowest BCUT2D eigenvalue weighted by molar-refractivity contribution is -0.141. The van der Waals surface area contributed by atoms with Gasteiger partial charge in [-0.05, 0) is 0 Å². The fraction of sp³-hybridized carbons (Fsp3) is 0.700. The van der Waals surface area contributed by atoms with Crippen molar-refractivity contribution in [2.24, 2.45) is 0 Å². The van der Waals surface area contributed by atoms with Gasteiger partial charge in [-0.15, -0.1) is 5.10 Å². The molecular weight excluding hydrogens is 242 g/mol. The molecule has 0 unspecified atom stereocenters. The zero-order valence-corrected chi connectivity index (χ0v) is 11.0. The molecule has 0 radical (unpaired) electrons. The third-order valence-electron chi connectivity index (χ3n) is 1.90. The zero-order valence-electron chi connectivity index (χ0n) is 10.2. The third-order valence-corrected chi connectivity index (χ3v) is 2.72. The molecule has 1 N–H and O–H groups in total. The van der Waals surface area contributed by atoms with E-state index in [1.807, 2.05) is 13.8 Å². The van der Waals surface area contributed by atoms with E-state index in [1.54, 1.807) is 7.11 Å². The van der Waals surface area contributed by atoms with E-state index in [2.05, 4.69) is 15.2 Å². The van der Waals surface area contributed by atoms with Gasteiger partial charge in [-0.2, -0.15) is 0 Å². The summed E-state index contributed by atoms with van der Waals surface area (Å²) in [5.41, 5.74) is 0. The summed E-state index contributed by atoms with van der Waals surface area (Å²) in [6.45, 7) is 4.73. The molecule has 0 aliphatic rings. The van der Waals surface area contributed by atoms with Crippen molar-refractivity contribution in [3.05, 3.63) is 5.82 Å². The van der Waals surface area contributed by atoms with Crippen LogP contribution in [0.25, 0.3) is 0 Å². The number of nitrogens with one attached hydrogen (secondary N) is 1. The monoisotopic (exact) mass is 259 g/mol. The van der Waals surface area contributed by atoms with Crippen LogP contribution in [0.3, 0.4) is 0 Å². The van der Waals surface area contributed by atoms with Crippen LogP contribution in [0.2, 0.25) is 0 Å². The molecule has 1 aromatic heterocycles. The van der Waals surface area contributed by atoms with Crippen molar-refractivity contribution in [2.45, 2.75) is 24.9 Å². The second-order valence-corrected chi connectivity index (χ2v) is 4.60. The molecule has 0 aliphatic heterocycles. The molecule has 0 saturated heterocycles. The molecule has 0 aliphatic carbocycles. The van der Waals surface area contributed by atoms with E-state index in [1.165, 1.54) is 11.8 Å². The lowest BCUT2D eigenvalue weighted by atomic mass is 10.2. The highest BCUT2D eigenvalue weighted by molar-refractivity contribution is 7.99. The molecular formula is C10H17N3O3S. The van der Waals surface area contributed by atoms with Crippen LogP contribution in [0.4, 0.5) is 0 Å². The minimum absolute atomic E-state index is 0.207. The highest BCUT2D eigenvalue weighted by Crippen LogP contribution is 2.15. The fourth-order valence-corrected chi connectivity index (χ4v) is 1.59. The van der Waals surface area contributed by atoms with E-state index >= 15 is 0 Å². The second-order valence-electron chi connectivity index (χ2n) is 3.66. The third kappa shape index (κ3) is 5.18. The maximum atomic E-state index is 11.3. The van der Waals surface area contributed by atoms with Crippen LogP contribution in [0.5, 0.6) is 0 Å². The van der Waals surface area contributed by atoms with Crippen molar-refractivity contribution in [1.29, 1.82) is 0 Å². The van der Waals surface area contributed by atoms with Gasteiger partial charge in [0.1, 0.15) is 12.4 Å². The number of aromatic amines is 1. The number of hydrogen-bond acceptors (Lipinski definition) is 6. The molecule has 1 heterocycles. The highest BCUT2D eigenvalue weighted by atomic mass is 32.2. The summed E-state index contributed by atoms with van der Waals surface area (Å²) in [4.78, 5) is 15.5. The first-order valence-corrected chi connectivity index (χ1v) is 6.31. The summed E-state index contributed by atoms with van der Waals surface area (Å²) in [5, 5.41) is 7.39. The summed E-state index contributed by atoms with van der Waals surface area (Å²) < 4.78 is 9.68. The van der Waals surface area contributed by atoms with Crippen LogP contribution >= 0.6 is 11.8 Å². The number of ether oxygens (including phenoxy) is 2. The van der Waals surface area contributed by atoms with Crippen molar-refractivity contribution in [3.63, 3.8) is 0 Å². The van der Waals surface area contributed by atoms with Gasteiger partial charge in [0.15, 0.2) is 0 Å². The number of methoxy groups -OCH3 is 1. The largest absolute Gasteiger partial charge is 0.463 e. The van der Waals surface area contributed by atoms with Gasteiger partial charge < -0.3 is 9.47 Å². The van der Waals surface area contributed by atoms with E-state index < -0.39 is 0 Å². The standard InChI is InChI=1S/C10H17N3O3S/c1-7(2)9-11-10(13-12-9)17-6-8(14)16-5-4-15-3/h7H,4-6H2,1-3H3,(H,11,12,13). The number of esters is 1. The summed E-state index contributed by atoms with van der Waals surface area (Å²) in [6.07, 6.45) is 0. The molecule has 0 bridgehead atoms. The minimum atomic E-state index is -0.289. The number of rotatable bonds is 7. The zero-order chi connectivity index (χ0) is 12.7. The van der Waals surface area contributed by atoms with Crippen LogP contribution in [0.15, 0.2) is 5.16 Å². The van der Waals surface area contributed by atoms with Crippen molar-refractivity contribution < 1.29 is 14.3 Å². The first kappa shape index (κ1) is 14.0. The van der Waals surface area contributed by atoms with Gasteiger partial charge in [0.05, 0.1) is 12.4 Å². The van der Waals surface area contributed by atoms with Gasteiger partial charge in [-0.3, -0.25) is 9.89 Å². The lowest BCUT2D eigenvalue weighted by Gasteiger charge is -2.01. The van der Waals surface area contributed by atoms with Crippen molar-refractivity contribution >= 4 is 17.7 Å². The molecule has 7 heteroatoms. The van der Waals surface area contributed by atoms with E-state index in [0.29, 0.717) is 17.7 Å². The Morgan fingerprint density at radius 3 is 2.82 bits per heavy atom. The average molecular weight is 259 g/mol. The summed E-state index contributed by atoms with van der Waals surface area (Å²) >= 11 is 1.26. The predicted molar refractivity (Wildman–Crippen MR) is 64.0 cm³/mol. The van der Waals surface area contributed by atoms with Crippen LogP contribution in [0.1, 0.15) is 25.6 Å². The Labute approximate surface area is 104 Å². The molecule has 0 fully saturated rings. The van der Waals surface area contributed by atoms with Crippen molar-refractivity contribution in [2.75, 3.05) is 26.1 Å². The molecule has 17 heavy (non-hydrogen) atoms. The Morgan fingerprint density at radius 2 is 2.24 bits per heavy atom. The highest BCUT2D eigenvalue weighted by Gasteiger charge is 2.10. The summed E-state index contributed by atoms with van der Waals surface area (Å²) in [6, 6.07) is 0. The maximum absolute atomic E-state index is 11.3. The number of aromatic nitrogens is 3. The predicted octanol–water partition coefficient (Wildman–Crippen LogP) is 1.21. The minimum Gasteiger partial charge on any atom is -0.463 e.